The van der Waals surface area contributed by atoms with Crippen molar-refractivity contribution in [3.63, 3.8) is 0 Å². The highest BCUT2D eigenvalue weighted by Crippen LogP contribution is 2.05. The van der Waals surface area contributed by atoms with Crippen molar-refractivity contribution < 1.29 is 9.53 Å². The van der Waals surface area contributed by atoms with Gasteiger partial charge in [-0.25, -0.2) is 4.98 Å². The van der Waals surface area contributed by atoms with Crippen molar-refractivity contribution in [2.75, 3.05) is 18.9 Å². The van der Waals surface area contributed by atoms with E-state index in [1.54, 1.807) is 12.1 Å². The topological polar surface area (TPSA) is 77.2 Å². The third-order valence-electron chi connectivity index (χ3n) is 2.28. The number of ether oxygens (including phenoxy) is 1. The van der Waals surface area contributed by atoms with E-state index in [0.717, 1.165) is 6.42 Å². The van der Waals surface area contributed by atoms with E-state index in [1.807, 2.05) is 0 Å². The van der Waals surface area contributed by atoms with Crippen LogP contribution in [0.25, 0.3) is 0 Å². The Kier molecular flexibility index (Phi) is 2.82. The summed E-state index contributed by atoms with van der Waals surface area (Å²) >= 11 is 0. The molecular formula is C10H13N3O2. The fraction of sp³-hybridized carbons (Fsp3) is 0.400. The summed E-state index contributed by atoms with van der Waals surface area (Å²) in [4.78, 5) is 15.6. The summed E-state index contributed by atoms with van der Waals surface area (Å²) in [6, 6.07) is 3.38. The molecule has 1 unspecified atom stereocenters. The van der Waals surface area contributed by atoms with Gasteiger partial charge in [0, 0.05) is 6.61 Å². The molecule has 0 bridgehead atoms. The highest BCUT2D eigenvalue weighted by atomic mass is 16.5. The first-order valence-corrected chi connectivity index (χ1v) is 4.86. The molecular weight excluding hydrogens is 194 g/mol. The molecule has 0 aliphatic carbocycles. The van der Waals surface area contributed by atoms with Crippen molar-refractivity contribution in [3.8, 4) is 0 Å². The Morgan fingerprint density at radius 3 is 3.07 bits per heavy atom. The van der Waals surface area contributed by atoms with Crippen molar-refractivity contribution in [2.24, 2.45) is 0 Å². The number of carbonyl (C=O) groups is 1. The minimum atomic E-state index is -0.175. The van der Waals surface area contributed by atoms with E-state index in [1.165, 1.54) is 6.20 Å². The first kappa shape index (κ1) is 9.92. The number of nitrogens with zero attached hydrogens (tertiary/aromatic N) is 1. The second kappa shape index (κ2) is 4.27. The monoisotopic (exact) mass is 207 g/mol. The van der Waals surface area contributed by atoms with Gasteiger partial charge in [0.15, 0.2) is 0 Å². The smallest absolute Gasteiger partial charge is 0.270 e. The van der Waals surface area contributed by atoms with Crippen LogP contribution in [-0.2, 0) is 4.74 Å². The van der Waals surface area contributed by atoms with Crippen LogP contribution in [0.1, 0.15) is 16.9 Å². The zero-order chi connectivity index (χ0) is 10.7. The fourth-order valence-electron chi connectivity index (χ4n) is 1.45. The standard InChI is InChI=1S/C10H13N3O2/c11-7-1-2-9(12-5-7)10(14)13-8-3-4-15-6-8/h1-2,5,8H,3-4,6,11H2,(H,13,14). The van der Waals surface area contributed by atoms with Crippen LogP contribution in [0.15, 0.2) is 18.3 Å². The van der Waals surface area contributed by atoms with Crippen LogP contribution < -0.4 is 11.1 Å². The number of nitrogen functional groups attached to an aromatic ring is 1. The van der Waals surface area contributed by atoms with Crippen molar-refractivity contribution in [2.45, 2.75) is 12.5 Å². The zero-order valence-corrected chi connectivity index (χ0v) is 8.27. The van der Waals surface area contributed by atoms with E-state index in [2.05, 4.69) is 10.3 Å². The predicted molar refractivity (Wildman–Crippen MR) is 55.3 cm³/mol. The van der Waals surface area contributed by atoms with Crippen LogP contribution in [0.4, 0.5) is 5.69 Å². The molecule has 1 amide bonds. The van der Waals surface area contributed by atoms with Gasteiger partial charge in [0.1, 0.15) is 5.69 Å². The molecule has 1 aliphatic heterocycles. The molecule has 3 N–H and O–H groups in total. The van der Waals surface area contributed by atoms with Gasteiger partial charge in [0.2, 0.25) is 0 Å². The number of carbonyl (C=O) groups excluding carboxylic acids is 1. The van der Waals surface area contributed by atoms with E-state index in [4.69, 9.17) is 10.5 Å². The third-order valence-corrected chi connectivity index (χ3v) is 2.28. The van der Waals surface area contributed by atoms with E-state index in [0.29, 0.717) is 24.6 Å². The van der Waals surface area contributed by atoms with E-state index in [9.17, 15) is 4.79 Å². The Balaban J connectivity index is 1.98. The SMILES string of the molecule is Nc1ccc(C(=O)NC2CCOC2)nc1. The number of rotatable bonds is 2. The molecule has 0 radical (unpaired) electrons. The number of hydrogen-bond donors (Lipinski definition) is 2. The molecule has 0 saturated carbocycles. The minimum Gasteiger partial charge on any atom is -0.397 e. The van der Waals surface area contributed by atoms with Gasteiger partial charge in [-0.15, -0.1) is 0 Å². The summed E-state index contributed by atoms with van der Waals surface area (Å²) < 4.78 is 5.16. The van der Waals surface area contributed by atoms with E-state index >= 15 is 0 Å². The van der Waals surface area contributed by atoms with Gasteiger partial charge >= 0.3 is 0 Å². The molecule has 0 spiro atoms. The normalized spacial score (nSPS) is 20.1. The van der Waals surface area contributed by atoms with Gasteiger partial charge in [0.25, 0.3) is 5.91 Å². The average Bonchev–Trinajstić information content (AvgIpc) is 2.71. The Labute approximate surface area is 87.6 Å². The number of anilines is 1. The van der Waals surface area contributed by atoms with Crippen molar-refractivity contribution in [1.29, 1.82) is 0 Å². The summed E-state index contributed by atoms with van der Waals surface area (Å²) in [5.41, 5.74) is 6.41. The summed E-state index contributed by atoms with van der Waals surface area (Å²) in [5.74, 6) is -0.175. The van der Waals surface area contributed by atoms with E-state index in [-0.39, 0.29) is 11.9 Å². The van der Waals surface area contributed by atoms with Gasteiger partial charge in [0.05, 0.1) is 24.5 Å². The van der Waals surface area contributed by atoms with Crippen LogP contribution in [0.3, 0.4) is 0 Å². The third kappa shape index (κ3) is 2.44. The molecule has 80 valence electrons. The molecule has 5 nitrogen and oxygen atoms in total. The molecule has 1 saturated heterocycles. The number of hydrogen-bond acceptors (Lipinski definition) is 4. The van der Waals surface area contributed by atoms with Crippen LogP contribution in [0, 0.1) is 0 Å². The number of aromatic nitrogens is 1. The number of pyridine rings is 1. The number of nitrogens with two attached hydrogens (primary N) is 1. The second-order valence-electron chi connectivity index (χ2n) is 3.51. The Morgan fingerprint density at radius 2 is 2.47 bits per heavy atom. The van der Waals surface area contributed by atoms with Gasteiger partial charge in [-0.2, -0.15) is 0 Å². The Bertz CT molecular complexity index is 344. The molecule has 15 heavy (non-hydrogen) atoms. The summed E-state index contributed by atoms with van der Waals surface area (Å²) in [7, 11) is 0. The lowest BCUT2D eigenvalue weighted by atomic mass is 10.2. The maximum Gasteiger partial charge on any atom is 0.270 e. The number of nitrogens with one attached hydrogen (secondary N) is 1. The molecule has 1 aromatic rings. The average molecular weight is 207 g/mol. The van der Waals surface area contributed by atoms with Gasteiger partial charge < -0.3 is 15.8 Å². The van der Waals surface area contributed by atoms with Crippen molar-refractivity contribution in [3.05, 3.63) is 24.0 Å². The van der Waals surface area contributed by atoms with Crippen LogP contribution in [0.5, 0.6) is 0 Å². The maximum atomic E-state index is 11.6. The Hall–Kier alpha value is -1.62. The molecule has 1 aromatic heterocycles. The summed E-state index contributed by atoms with van der Waals surface area (Å²) in [6.07, 6.45) is 2.33. The number of amides is 1. The van der Waals surface area contributed by atoms with Gasteiger partial charge in [-0.1, -0.05) is 0 Å². The molecule has 0 aromatic carbocycles. The zero-order valence-electron chi connectivity index (χ0n) is 8.27. The second-order valence-corrected chi connectivity index (χ2v) is 3.51. The fourth-order valence-corrected chi connectivity index (χ4v) is 1.45. The molecule has 1 aliphatic rings. The van der Waals surface area contributed by atoms with Crippen LogP contribution in [0.2, 0.25) is 0 Å². The highest BCUT2D eigenvalue weighted by Gasteiger charge is 2.18. The first-order chi connectivity index (χ1) is 7.25. The summed E-state index contributed by atoms with van der Waals surface area (Å²) in [5, 5.41) is 2.85. The molecule has 1 fully saturated rings. The largest absolute Gasteiger partial charge is 0.397 e. The predicted octanol–water partition coefficient (Wildman–Crippen LogP) is 0.182. The highest BCUT2D eigenvalue weighted by molar-refractivity contribution is 5.92. The molecule has 2 heterocycles. The van der Waals surface area contributed by atoms with Gasteiger partial charge in [-0.05, 0) is 18.6 Å². The lowest BCUT2D eigenvalue weighted by molar-refractivity contribution is 0.0925. The molecule has 2 rings (SSSR count). The van der Waals surface area contributed by atoms with Crippen molar-refractivity contribution >= 4 is 11.6 Å². The van der Waals surface area contributed by atoms with Crippen molar-refractivity contribution in [1.82, 2.24) is 10.3 Å². The lowest BCUT2D eigenvalue weighted by Gasteiger charge is -2.09. The quantitative estimate of drug-likeness (QED) is 0.725. The maximum absolute atomic E-state index is 11.6. The van der Waals surface area contributed by atoms with Gasteiger partial charge in [-0.3, -0.25) is 4.79 Å². The van der Waals surface area contributed by atoms with E-state index < -0.39 is 0 Å². The molecule has 5 heteroatoms. The van der Waals surface area contributed by atoms with Crippen LogP contribution >= 0.6 is 0 Å². The van der Waals surface area contributed by atoms with Crippen LogP contribution in [-0.4, -0.2) is 30.1 Å². The lowest BCUT2D eigenvalue weighted by Crippen LogP contribution is -2.35. The Morgan fingerprint density at radius 1 is 1.60 bits per heavy atom. The summed E-state index contributed by atoms with van der Waals surface area (Å²) in [6.45, 7) is 1.29. The first-order valence-electron chi connectivity index (χ1n) is 4.86. The minimum absolute atomic E-state index is 0.108. The molecule has 1 atom stereocenters.